The Morgan fingerprint density at radius 2 is 1.84 bits per heavy atom. The van der Waals surface area contributed by atoms with Gasteiger partial charge < -0.3 is 30.5 Å². The van der Waals surface area contributed by atoms with Crippen molar-refractivity contribution in [2.75, 3.05) is 13.2 Å². The maximum atomic E-state index is 10.2. The molecule has 0 saturated carbocycles. The van der Waals surface area contributed by atoms with Crippen molar-refractivity contribution in [3.63, 3.8) is 0 Å². The SMILES string of the molecule is C=C(O)CNC1C(O)C(O)C(CO)OC1C(C)(C)C. The van der Waals surface area contributed by atoms with Crippen LogP contribution in [0.4, 0.5) is 0 Å². The Morgan fingerprint density at radius 1 is 1.26 bits per heavy atom. The van der Waals surface area contributed by atoms with Gasteiger partial charge in [-0.05, 0) is 5.41 Å². The molecule has 19 heavy (non-hydrogen) atoms. The van der Waals surface area contributed by atoms with Crippen molar-refractivity contribution in [2.45, 2.75) is 51.2 Å². The minimum atomic E-state index is -1.17. The fourth-order valence-electron chi connectivity index (χ4n) is 2.32. The lowest BCUT2D eigenvalue weighted by Crippen LogP contribution is -2.66. The van der Waals surface area contributed by atoms with Crippen LogP contribution in [-0.4, -0.2) is 64.0 Å². The fourth-order valence-corrected chi connectivity index (χ4v) is 2.32. The number of nitrogens with one attached hydrogen (secondary N) is 1. The van der Waals surface area contributed by atoms with Gasteiger partial charge in [-0.15, -0.1) is 0 Å². The zero-order valence-corrected chi connectivity index (χ0v) is 11.7. The molecule has 0 aromatic rings. The molecule has 1 fully saturated rings. The number of rotatable bonds is 4. The Bertz CT molecular complexity index is 315. The van der Waals surface area contributed by atoms with Gasteiger partial charge >= 0.3 is 0 Å². The average molecular weight is 275 g/mol. The molecule has 0 radical (unpaired) electrons. The van der Waals surface area contributed by atoms with E-state index in [9.17, 15) is 15.3 Å². The third-order valence-electron chi connectivity index (χ3n) is 3.32. The molecule has 5 unspecified atom stereocenters. The first-order valence-electron chi connectivity index (χ1n) is 6.41. The summed E-state index contributed by atoms with van der Waals surface area (Å²) < 4.78 is 5.69. The lowest BCUT2D eigenvalue weighted by Gasteiger charge is -2.47. The number of aliphatic hydroxyl groups is 4. The summed E-state index contributed by atoms with van der Waals surface area (Å²) in [5.74, 6) is -0.0568. The summed E-state index contributed by atoms with van der Waals surface area (Å²) in [7, 11) is 0. The fraction of sp³-hybridized carbons (Fsp3) is 0.846. The van der Waals surface area contributed by atoms with Gasteiger partial charge in [-0.3, -0.25) is 0 Å². The molecule has 1 aliphatic heterocycles. The summed E-state index contributed by atoms with van der Waals surface area (Å²) in [5, 5.41) is 41.3. The van der Waals surface area contributed by atoms with E-state index in [0.717, 1.165) is 0 Å². The van der Waals surface area contributed by atoms with Crippen LogP contribution >= 0.6 is 0 Å². The third kappa shape index (κ3) is 3.90. The Hall–Kier alpha value is -0.660. The van der Waals surface area contributed by atoms with E-state index in [4.69, 9.17) is 9.84 Å². The van der Waals surface area contributed by atoms with Gasteiger partial charge in [0.05, 0.1) is 31.1 Å². The van der Waals surface area contributed by atoms with Crippen molar-refractivity contribution in [1.82, 2.24) is 5.32 Å². The predicted octanol–water partition coefficient (Wildman–Crippen LogP) is -0.456. The van der Waals surface area contributed by atoms with Crippen LogP contribution in [0.5, 0.6) is 0 Å². The van der Waals surface area contributed by atoms with Crippen LogP contribution in [-0.2, 0) is 4.74 Å². The molecular weight excluding hydrogens is 250 g/mol. The van der Waals surface area contributed by atoms with Crippen molar-refractivity contribution in [3.05, 3.63) is 12.3 Å². The highest BCUT2D eigenvalue weighted by atomic mass is 16.5. The quantitative estimate of drug-likeness (QED) is 0.445. The van der Waals surface area contributed by atoms with Gasteiger partial charge in [0.1, 0.15) is 18.3 Å². The topological polar surface area (TPSA) is 102 Å². The molecule has 6 nitrogen and oxygen atoms in total. The lowest BCUT2D eigenvalue weighted by molar-refractivity contribution is -0.216. The van der Waals surface area contributed by atoms with E-state index in [2.05, 4.69) is 11.9 Å². The van der Waals surface area contributed by atoms with E-state index in [1.165, 1.54) is 0 Å². The molecule has 0 aromatic carbocycles. The van der Waals surface area contributed by atoms with E-state index >= 15 is 0 Å². The van der Waals surface area contributed by atoms with Gasteiger partial charge in [-0.1, -0.05) is 27.4 Å². The van der Waals surface area contributed by atoms with Crippen LogP contribution < -0.4 is 5.32 Å². The van der Waals surface area contributed by atoms with Crippen LogP contribution in [0.1, 0.15) is 20.8 Å². The first-order chi connectivity index (χ1) is 8.68. The average Bonchev–Trinajstić information content (AvgIpc) is 2.29. The molecule has 1 saturated heterocycles. The molecule has 5 N–H and O–H groups in total. The van der Waals surface area contributed by atoms with Crippen LogP contribution in [0.3, 0.4) is 0 Å². The maximum absolute atomic E-state index is 10.2. The van der Waals surface area contributed by atoms with Gasteiger partial charge in [0, 0.05) is 0 Å². The zero-order chi connectivity index (χ0) is 14.8. The molecule has 0 aromatic heterocycles. The zero-order valence-electron chi connectivity index (χ0n) is 11.7. The first kappa shape index (κ1) is 16.4. The summed E-state index contributed by atoms with van der Waals surface area (Å²) >= 11 is 0. The minimum absolute atomic E-state index is 0.0568. The second-order valence-corrected chi connectivity index (χ2v) is 6.10. The summed E-state index contributed by atoms with van der Waals surface area (Å²) in [4.78, 5) is 0. The van der Waals surface area contributed by atoms with E-state index in [1.807, 2.05) is 20.8 Å². The van der Waals surface area contributed by atoms with E-state index in [-0.39, 0.29) is 24.3 Å². The van der Waals surface area contributed by atoms with Crippen molar-refractivity contribution < 1.29 is 25.2 Å². The Morgan fingerprint density at radius 3 is 2.26 bits per heavy atom. The molecule has 0 bridgehead atoms. The molecule has 5 atom stereocenters. The van der Waals surface area contributed by atoms with Gasteiger partial charge in [0.25, 0.3) is 0 Å². The Labute approximate surface area is 113 Å². The highest BCUT2D eigenvalue weighted by Gasteiger charge is 2.47. The molecule has 6 heteroatoms. The minimum Gasteiger partial charge on any atom is -0.512 e. The normalized spacial score (nSPS) is 36.2. The second-order valence-electron chi connectivity index (χ2n) is 6.10. The largest absolute Gasteiger partial charge is 0.512 e. The van der Waals surface area contributed by atoms with Crippen molar-refractivity contribution in [2.24, 2.45) is 5.41 Å². The lowest BCUT2D eigenvalue weighted by atomic mass is 9.78. The highest BCUT2D eigenvalue weighted by molar-refractivity contribution is 5.01. The standard InChI is InChI=1S/C13H25NO5/c1-7(16)5-14-9-11(18)10(17)8(6-15)19-12(9)13(2,3)4/h8-12,14-18H,1,5-6H2,2-4H3. The van der Waals surface area contributed by atoms with Crippen molar-refractivity contribution >= 4 is 0 Å². The van der Waals surface area contributed by atoms with E-state index in [1.54, 1.807) is 0 Å². The molecule has 0 amide bonds. The van der Waals surface area contributed by atoms with E-state index < -0.39 is 30.5 Å². The van der Waals surface area contributed by atoms with Crippen molar-refractivity contribution in [3.8, 4) is 0 Å². The van der Waals surface area contributed by atoms with Crippen LogP contribution in [0.25, 0.3) is 0 Å². The van der Waals surface area contributed by atoms with Gasteiger partial charge in [-0.2, -0.15) is 0 Å². The Balaban J connectivity index is 2.90. The van der Waals surface area contributed by atoms with Gasteiger partial charge in [-0.25, -0.2) is 0 Å². The van der Waals surface area contributed by atoms with Gasteiger partial charge in [0.2, 0.25) is 0 Å². The number of ether oxygens (including phenoxy) is 1. The molecule has 1 heterocycles. The maximum Gasteiger partial charge on any atom is 0.110 e. The number of hydrogen-bond acceptors (Lipinski definition) is 6. The van der Waals surface area contributed by atoms with Crippen LogP contribution in [0, 0.1) is 5.41 Å². The highest BCUT2D eigenvalue weighted by Crippen LogP contribution is 2.32. The molecule has 1 rings (SSSR count). The smallest absolute Gasteiger partial charge is 0.110 e. The van der Waals surface area contributed by atoms with Gasteiger partial charge in [0.15, 0.2) is 0 Å². The molecule has 0 spiro atoms. The molecule has 112 valence electrons. The summed E-state index contributed by atoms with van der Waals surface area (Å²) in [6.45, 7) is 8.95. The second kappa shape index (κ2) is 6.19. The monoisotopic (exact) mass is 275 g/mol. The summed E-state index contributed by atoms with van der Waals surface area (Å²) in [6.07, 6.45) is -3.49. The number of aliphatic hydroxyl groups excluding tert-OH is 4. The summed E-state index contributed by atoms with van der Waals surface area (Å²) in [5.41, 5.74) is -0.303. The predicted molar refractivity (Wildman–Crippen MR) is 70.8 cm³/mol. The molecular formula is C13H25NO5. The third-order valence-corrected chi connectivity index (χ3v) is 3.32. The molecule has 1 aliphatic rings. The molecule has 0 aliphatic carbocycles. The van der Waals surface area contributed by atoms with E-state index in [0.29, 0.717) is 0 Å². The number of hydrogen-bond donors (Lipinski definition) is 5. The van der Waals surface area contributed by atoms with Crippen LogP contribution in [0.15, 0.2) is 12.3 Å². The van der Waals surface area contributed by atoms with Crippen molar-refractivity contribution in [1.29, 1.82) is 0 Å². The Kier molecular flexibility index (Phi) is 5.34. The van der Waals surface area contributed by atoms with Crippen LogP contribution in [0.2, 0.25) is 0 Å². The first-order valence-corrected chi connectivity index (χ1v) is 6.41. The summed E-state index contributed by atoms with van der Waals surface area (Å²) in [6, 6.07) is -0.554.